The highest BCUT2D eigenvalue weighted by Gasteiger charge is 2.13. The molecule has 2 aromatic carbocycles. The van der Waals surface area contributed by atoms with Crippen molar-refractivity contribution in [3.63, 3.8) is 0 Å². The Morgan fingerprint density at radius 2 is 1.77 bits per heavy atom. The molecule has 0 aromatic heterocycles. The maximum atomic E-state index is 12.8. The van der Waals surface area contributed by atoms with Gasteiger partial charge in [-0.1, -0.05) is 24.3 Å². The summed E-state index contributed by atoms with van der Waals surface area (Å²) in [5.74, 6) is 0.492. The maximum Gasteiger partial charge on any atom is 0.163 e. The van der Waals surface area contributed by atoms with Crippen LogP contribution in [0.25, 0.3) is 0 Å². The van der Waals surface area contributed by atoms with E-state index in [2.05, 4.69) is 0 Å². The van der Waals surface area contributed by atoms with Gasteiger partial charge >= 0.3 is 0 Å². The van der Waals surface area contributed by atoms with Crippen molar-refractivity contribution in [3.8, 4) is 5.75 Å². The number of ether oxygens (including phenoxy) is 1. The Bertz CT molecular complexity index is 639. The lowest BCUT2D eigenvalue weighted by molar-refractivity contribution is 0.0979. The summed E-state index contributed by atoms with van der Waals surface area (Å²) in [7, 11) is 0. The van der Waals surface area contributed by atoms with Crippen LogP contribution in [0, 0.1) is 5.82 Å². The Balaban J connectivity index is 2.00. The van der Waals surface area contributed by atoms with Gasteiger partial charge in [0.05, 0.1) is 0 Å². The van der Waals surface area contributed by atoms with Gasteiger partial charge in [-0.25, -0.2) is 4.39 Å². The van der Waals surface area contributed by atoms with Crippen LogP contribution in [0.3, 0.4) is 0 Å². The Morgan fingerprint density at radius 3 is 2.41 bits per heavy atom. The van der Waals surface area contributed by atoms with Gasteiger partial charge in [-0.2, -0.15) is 0 Å². The third-order valence-electron chi connectivity index (χ3n) is 3.13. The minimum atomic E-state index is -0.296. The summed E-state index contributed by atoms with van der Waals surface area (Å²) in [6.45, 7) is 5.90. The van der Waals surface area contributed by atoms with Crippen molar-refractivity contribution in [2.24, 2.45) is 0 Å². The molecule has 0 amide bonds. The number of ketones is 1. The van der Waals surface area contributed by atoms with Gasteiger partial charge in [0.15, 0.2) is 5.78 Å². The number of rotatable bonds is 5. The minimum absolute atomic E-state index is 0.0590. The first-order chi connectivity index (χ1) is 10.3. The molecule has 0 fully saturated rings. The third kappa shape index (κ3) is 4.99. The van der Waals surface area contributed by atoms with Crippen LogP contribution in [0.5, 0.6) is 5.75 Å². The van der Waals surface area contributed by atoms with E-state index < -0.39 is 0 Å². The average Bonchev–Trinajstić information content (AvgIpc) is 2.45. The number of aryl methyl sites for hydroxylation is 1. The zero-order valence-electron chi connectivity index (χ0n) is 13.2. The molecule has 0 saturated carbocycles. The van der Waals surface area contributed by atoms with E-state index in [9.17, 15) is 9.18 Å². The predicted molar refractivity (Wildman–Crippen MR) is 85.9 cm³/mol. The summed E-state index contributed by atoms with van der Waals surface area (Å²) in [4.78, 5) is 12.3. The van der Waals surface area contributed by atoms with Crippen LogP contribution >= 0.6 is 0 Å². The van der Waals surface area contributed by atoms with Gasteiger partial charge in [-0.05, 0) is 57.0 Å². The van der Waals surface area contributed by atoms with E-state index in [0.717, 1.165) is 5.56 Å². The fourth-order valence-electron chi connectivity index (χ4n) is 2.14. The van der Waals surface area contributed by atoms with Crippen molar-refractivity contribution >= 4 is 5.78 Å². The lowest BCUT2D eigenvalue weighted by Gasteiger charge is -2.21. The number of hydrogen-bond donors (Lipinski definition) is 0. The first-order valence-corrected chi connectivity index (χ1v) is 7.40. The zero-order chi connectivity index (χ0) is 16.2. The molecule has 0 atom stereocenters. The zero-order valence-corrected chi connectivity index (χ0v) is 13.2. The molecule has 0 heterocycles. The summed E-state index contributed by atoms with van der Waals surface area (Å²) >= 11 is 0. The quantitative estimate of drug-likeness (QED) is 0.740. The SMILES string of the molecule is CC(C)(C)Oc1cccc(C(=O)CCc2ccc(F)cc2)c1. The largest absolute Gasteiger partial charge is 0.488 e. The normalized spacial score (nSPS) is 11.3. The molecular weight excluding hydrogens is 279 g/mol. The molecule has 0 N–H and O–H groups in total. The number of carbonyl (C=O) groups excluding carboxylic acids is 1. The number of benzene rings is 2. The summed E-state index contributed by atoms with van der Waals surface area (Å²) in [6.07, 6.45) is 0.994. The van der Waals surface area contributed by atoms with Gasteiger partial charge in [0, 0.05) is 12.0 Å². The number of halogens is 1. The molecule has 0 unspecified atom stereocenters. The van der Waals surface area contributed by atoms with Crippen molar-refractivity contribution in [1.29, 1.82) is 0 Å². The summed E-state index contributed by atoms with van der Waals surface area (Å²) in [5.41, 5.74) is 1.30. The van der Waals surface area contributed by atoms with E-state index in [-0.39, 0.29) is 17.2 Å². The Labute approximate surface area is 130 Å². The molecular formula is C19H21FO2. The topological polar surface area (TPSA) is 26.3 Å². The van der Waals surface area contributed by atoms with E-state index in [1.165, 1.54) is 12.1 Å². The van der Waals surface area contributed by atoms with Crippen LogP contribution in [-0.4, -0.2) is 11.4 Å². The fraction of sp³-hybridized carbons (Fsp3) is 0.316. The van der Waals surface area contributed by atoms with Crippen molar-refractivity contribution in [1.82, 2.24) is 0 Å². The molecule has 3 heteroatoms. The predicted octanol–water partition coefficient (Wildman–Crippen LogP) is 4.82. The molecule has 116 valence electrons. The van der Waals surface area contributed by atoms with Gasteiger partial charge in [0.2, 0.25) is 0 Å². The van der Waals surface area contributed by atoms with Gasteiger partial charge in [0.25, 0.3) is 0 Å². The minimum Gasteiger partial charge on any atom is -0.488 e. The van der Waals surface area contributed by atoms with Crippen molar-refractivity contribution < 1.29 is 13.9 Å². The molecule has 0 aliphatic heterocycles. The monoisotopic (exact) mass is 300 g/mol. The van der Waals surface area contributed by atoms with Crippen LogP contribution < -0.4 is 4.74 Å². The third-order valence-corrected chi connectivity index (χ3v) is 3.13. The van der Waals surface area contributed by atoms with Crippen LogP contribution in [0.4, 0.5) is 4.39 Å². The smallest absolute Gasteiger partial charge is 0.163 e. The van der Waals surface area contributed by atoms with E-state index in [1.54, 1.807) is 24.3 Å². The van der Waals surface area contributed by atoms with Crippen molar-refractivity contribution in [2.75, 3.05) is 0 Å². The molecule has 0 radical (unpaired) electrons. The second-order valence-corrected chi connectivity index (χ2v) is 6.29. The molecule has 0 aliphatic carbocycles. The first-order valence-electron chi connectivity index (χ1n) is 7.40. The van der Waals surface area contributed by atoms with Crippen LogP contribution in [-0.2, 0) is 6.42 Å². The van der Waals surface area contributed by atoms with Gasteiger partial charge in [-0.3, -0.25) is 4.79 Å². The van der Waals surface area contributed by atoms with Crippen molar-refractivity contribution in [3.05, 3.63) is 65.5 Å². The lowest BCUT2D eigenvalue weighted by atomic mass is 10.0. The van der Waals surface area contributed by atoms with Crippen molar-refractivity contribution in [2.45, 2.75) is 39.2 Å². The molecule has 0 bridgehead atoms. The van der Waals surface area contributed by atoms with E-state index in [4.69, 9.17) is 4.74 Å². The number of carbonyl (C=O) groups is 1. The summed E-state index contributed by atoms with van der Waals surface area (Å²) in [6, 6.07) is 13.5. The Kier molecular flexibility index (Phi) is 4.96. The molecule has 0 aliphatic rings. The van der Waals surface area contributed by atoms with Gasteiger partial charge in [-0.15, -0.1) is 0 Å². The second kappa shape index (κ2) is 6.73. The van der Waals surface area contributed by atoms with E-state index >= 15 is 0 Å². The fourth-order valence-corrected chi connectivity index (χ4v) is 2.14. The summed E-state index contributed by atoms with van der Waals surface area (Å²) < 4.78 is 18.6. The molecule has 2 aromatic rings. The van der Waals surface area contributed by atoms with Crippen LogP contribution in [0.15, 0.2) is 48.5 Å². The summed E-state index contributed by atoms with van der Waals surface area (Å²) in [5, 5.41) is 0. The standard InChI is InChI=1S/C19H21FO2/c1-19(2,3)22-17-6-4-5-15(13-17)18(21)12-9-14-7-10-16(20)11-8-14/h4-8,10-11,13H,9,12H2,1-3H3. The van der Waals surface area contributed by atoms with Gasteiger partial charge < -0.3 is 4.74 Å². The molecule has 0 saturated heterocycles. The maximum absolute atomic E-state index is 12.8. The number of hydrogen-bond acceptors (Lipinski definition) is 2. The lowest BCUT2D eigenvalue weighted by Crippen LogP contribution is -2.23. The second-order valence-electron chi connectivity index (χ2n) is 6.29. The molecule has 22 heavy (non-hydrogen) atoms. The highest BCUT2D eigenvalue weighted by Crippen LogP contribution is 2.20. The molecule has 0 spiro atoms. The highest BCUT2D eigenvalue weighted by molar-refractivity contribution is 5.96. The van der Waals surface area contributed by atoms with Crippen LogP contribution in [0.2, 0.25) is 0 Å². The van der Waals surface area contributed by atoms with E-state index in [0.29, 0.717) is 24.2 Å². The average molecular weight is 300 g/mol. The number of Topliss-reactive ketones (excluding diaryl/α,β-unsaturated/α-hetero) is 1. The highest BCUT2D eigenvalue weighted by atomic mass is 19.1. The first kappa shape index (κ1) is 16.2. The van der Waals surface area contributed by atoms with E-state index in [1.807, 2.05) is 32.9 Å². The molecule has 2 nitrogen and oxygen atoms in total. The Hall–Kier alpha value is -2.16. The van der Waals surface area contributed by atoms with Crippen LogP contribution in [0.1, 0.15) is 43.1 Å². The van der Waals surface area contributed by atoms with Gasteiger partial charge in [0.1, 0.15) is 17.2 Å². The Morgan fingerprint density at radius 1 is 1.09 bits per heavy atom. The molecule has 2 rings (SSSR count).